The summed E-state index contributed by atoms with van der Waals surface area (Å²) in [7, 11) is 0. The Labute approximate surface area is 125 Å². The van der Waals surface area contributed by atoms with E-state index >= 15 is 0 Å². The maximum Gasteiger partial charge on any atom is 0.288 e. The molecule has 1 N–H and O–H groups in total. The fourth-order valence-electron chi connectivity index (χ4n) is 1.49. The predicted octanol–water partition coefficient (Wildman–Crippen LogP) is 4.35. The Bertz CT molecular complexity index is 674. The average Bonchev–Trinajstić information content (AvgIpc) is 2.40. The lowest BCUT2D eigenvalue weighted by atomic mass is 10.2. The topological polar surface area (TPSA) is 67.5 Å². The molecule has 0 aromatic heterocycles. The molecule has 0 saturated heterocycles. The molecule has 0 aliphatic carbocycles. The van der Waals surface area contributed by atoms with Crippen molar-refractivity contribution >= 4 is 40.8 Å². The number of hydrogen-bond acceptors (Lipinski definition) is 4. The summed E-state index contributed by atoms with van der Waals surface area (Å²) >= 11 is 11.6. The molecule has 102 valence electrons. The number of nitro benzene ring substituents is 1. The summed E-state index contributed by atoms with van der Waals surface area (Å²) in [5.41, 5.74) is 3.91. The van der Waals surface area contributed by atoms with Crippen LogP contribution in [0, 0.1) is 10.1 Å². The standard InChI is InChI=1S/C13H9Cl2N3O2/c14-10-2-1-3-11(7-10)17-16-8-9-4-5-12(15)13(6-9)18(19)20/h1-8,17H/b16-8-. The first kappa shape index (κ1) is 14.3. The zero-order valence-corrected chi connectivity index (χ0v) is 11.6. The number of nitrogens with one attached hydrogen (secondary N) is 1. The number of rotatable bonds is 4. The summed E-state index contributed by atoms with van der Waals surface area (Å²) in [6, 6.07) is 11.5. The van der Waals surface area contributed by atoms with E-state index < -0.39 is 4.92 Å². The van der Waals surface area contributed by atoms with E-state index in [1.807, 2.05) is 0 Å². The van der Waals surface area contributed by atoms with Crippen molar-refractivity contribution in [1.29, 1.82) is 0 Å². The first-order valence-electron chi connectivity index (χ1n) is 5.55. The molecule has 0 saturated carbocycles. The number of hydrazone groups is 1. The molecule has 0 heterocycles. The fraction of sp³-hybridized carbons (Fsp3) is 0. The first-order valence-corrected chi connectivity index (χ1v) is 6.30. The SMILES string of the molecule is O=[N+]([O-])c1cc(/C=N\Nc2cccc(Cl)c2)ccc1Cl. The summed E-state index contributed by atoms with van der Waals surface area (Å²) in [5.74, 6) is 0. The van der Waals surface area contributed by atoms with Crippen molar-refractivity contribution in [2.45, 2.75) is 0 Å². The van der Waals surface area contributed by atoms with Crippen LogP contribution in [0.1, 0.15) is 5.56 Å². The van der Waals surface area contributed by atoms with Crippen LogP contribution in [0.4, 0.5) is 11.4 Å². The van der Waals surface area contributed by atoms with E-state index in [1.165, 1.54) is 18.3 Å². The van der Waals surface area contributed by atoms with E-state index in [9.17, 15) is 10.1 Å². The quantitative estimate of drug-likeness (QED) is 0.518. The monoisotopic (exact) mass is 309 g/mol. The molecule has 2 aromatic carbocycles. The molecule has 0 spiro atoms. The zero-order valence-electron chi connectivity index (χ0n) is 10.1. The van der Waals surface area contributed by atoms with Gasteiger partial charge in [0, 0.05) is 16.7 Å². The van der Waals surface area contributed by atoms with Gasteiger partial charge in [0.25, 0.3) is 5.69 Å². The molecule has 0 radical (unpaired) electrons. The van der Waals surface area contributed by atoms with Gasteiger partial charge in [0.2, 0.25) is 0 Å². The second-order valence-corrected chi connectivity index (χ2v) is 4.69. The van der Waals surface area contributed by atoms with Crippen LogP contribution in [-0.2, 0) is 0 Å². The molecule has 0 fully saturated rings. The average molecular weight is 310 g/mol. The van der Waals surface area contributed by atoms with Gasteiger partial charge in [-0.05, 0) is 24.3 Å². The van der Waals surface area contributed by atoms with Gasteiger partial charge in [-0.15, -0.1) is 0 Å². The summed E-state index contributed by atoms with van der Waals surface area (Å²) in [6.45, 7) is 0. The molecule has 5 nitrogen and oxygen atoms in total. The molecule has 7 heteroatoms. The predicted molar refractivity (Wildman–Crippen MR) is 80.8 cm³/mol. The largest absolute Gasteiger partial charge is 0.288 e. The van der Waals surface area contributed by atoms with Gasteiger partial charge >= 0.3 is 0 Å². The van der Waals surface area contributed by atoms with E-state index in [0.29, 0.717) is 10.6 Å². The molecule has 2 rings (SSSR count). The van der Waals surface area contributed by atoms with Gasteiger partial charge in [0.15, 0.2) is 0 Å². The summed E-state index contributed by atoms with van der Waals surface area (Å²) in [4.78, 5) is 10.2. The Morgan fingerprint density at radius 1 is 1.20 bits per heavy atom. The van der Waals surface area contributed by atoms with Crippen molar-refractivity contribution in [2.24, 2.45) is 5.10 Å². The lowest BCUT2D eigenvalue weighted by molar-refractivity contribution is -0.384. The second kappa shape index (κ2) is 6.36. The van der Waals surface area contributed by atoms with Crippen LogP contribution in [0.3, 0.4) is 0 Å². The third-order valence-electron chi connectivity index (χ3n) is 2.40. The smallest absolute Gasteiger partial charge is 0.278 e. The van der Waals surface area contributed by atoms with Gasteiger partial charge in [-0.25, -0.2) is 0 Å². The Kier molecular flexibility index (Phi) is 4.55. The molecule has 0 bridgehead atoms. The number of benzene rings is 2. The molecule has 20 heavy (non-hydrogen) atoms. The van der Waals surface area contributed by atoms with Crippen LogP contribution in [0.25, 0.3) is 0 Å². The molecular formula is C13H9Cl2N3O2. The van der Waals surface area contributed by atoms with Crippen molar-refractivity contribution in [1.82, 2.24) is 0 Å². The van der Waals surface area contributed by atoms with Crippen molar-refractivity contribution < 1.29 is 4.92 Å². The lowest BCUT2D eigenvalue weighted by Crippen LogP contribution is -1.93. The van der Waals surface area contributed by atoms with Crippen molar-refractivity contribution in [2.75, 3.05) is 5.43 Å². The van der Waals surface area contributed by atoms with E-state index in [0.717, 1.165) is 5.69 Å². The van der Waals surface area contributed by atoms with E-state index in [2.05, 4.69) is 10.5 Å². The second-order valence-electron chi connectivity index (χ2n) is 3.85. The van der Waals surface area contributed by atoms with Crippen LogP contribution in [0.5, 0.6) is 0 Å². The van der Waals surface area contributed by atoms with E-state index in [1.54, 1.807) is 30.3 Å². The maximum absolute atomic E-state index is 10.8. The van der Waals surface area contributed by atoms with E-state index in [4.69, 9.17) is 23.2 Å². The van der Waals surface area contributed by atoms with Crippen LogP contribution in [-0.4, -0.2) is 11.1 Å². The van der Waals surface area contributed by atoms with E-state index in [-0.39, 0.29) is 10.7 Å². The Morgan fingerprint density at radius 2 is 2.00 bits per heavy atom. The van der Waals surface area contributed by atoms with Gasteiger partial charge in [-0.3, -0.25) is 15.5 Å². The highest BCUT2D eigenvalue weighted by atomic mass is 35.5. The minimum Gasteiger partial charge on any atom is -0.278 e. The molecule has 2 aromatic rings. The highest BCUT2D eigenvalue weighted by Crippen LogP contribution is 2.24. The normalized spacial score (nSPS) is 10.7. The summed E-state index contributed by atoms with van der Waals surface area (Å²) in [5, 5.41) is 15.4. The summed E-state index contributed by atoms with van der Waals surface area (Å²) in [6.07, 6.45) is 1.46. The fourth-order valence-corrected chi connectivity index (χ4v) is 1.87. The van der Waals surface area contributed by atoms with Crippen LogP contribution in [0.2, 0.25) is 10.0 Å². The Balaban J connectivity index is 2.12. The Morgan fingerprint density at radius 3 is 2.70 bits per heavy atom. The number of hydrogen-bond donors (Lipinski definition) is 1. The third-order valence-corrected chi connectivity index (χ3v) is 2.95. The highest BCUT2D eigenvalue weighted by molar-refractivity contribution is 6.32. The maximum atomic E-state index is 10.8. The minimum atomic E-state index is -0.538. The number of nitro groups is 1. The van der Waals surface area contributed by atoms with Gasteiger partial charge in [0.05, 0.1) is 16.8 Å². The van der Waals surface area contributed by atoms with Gasteiger partial charge in [0.1, 0.15) is 5.02 Å². The van der Waals surface area contributed by atoms with Crippen molar-refractivity contribution in [3.8, 4) is 0 Å². The zero-order chi connectivity index (χ0) is 14.5. The number of anilines is 1. The van der Waals surface area contributed by atoms with Crippen LogP contribution in [0.15, 0.2) is 47.6 Å². The minimum absolute atomic E-state index is 0.0925. The number of nitrogens with zero attached hydrogens (tertiary/aromatic N) is 2. The molecule has 0 amide bonds. The van der Waals surface area contributed by atoms with Gasteiger partial charge < -0.3 is 0 Å². The first-order chi connectivity index (χ1) is 9.56. The molecule has 0 aliphatic rings. The van der Waals surface area contributed by atoms with Crippen LogP contribution < -0.4 is 5.43 Å². The molecule has 0 atom stereocenters. The number of halogens is 2. The highest BCUT2D eigenvalue weighted by Gasteiger charge is 2.11. The lowest BCUT2D eigenvalue weighted by Gasteiger charge is -2.00. The van der Waals surface area contributed by atoms with Gasteiger partial charge in [-0.1, -0.05) is 35.3 Å². The summed E-state index contributed by atoms with van der Waals surface area (Å²) < 4.78 is 0. The van der Waals surface area contributed by atoms with Crippen molar-refractivity contribution in [3.63, 3.8) is 0 Å². The van der Waals surface area contributed by atoms with Gasteiger partial charge in [-0.2, -0.15) is 5.10 Å². The molecule has 0 unspecified atom stereocenters. The Hall–Kier alpha value is -2.11. The van der Waals surface area contributed by atoms with Crippen LogP contribution >= 0.6 is 23.2 Å². The van der Waals surface area contributed by atoms with Crippen molar-refractivity contribution in [3.05, 3.63) is 68.2 Å². The molecule has 0 aliphatic heterocycles. The third kappa shape index (κ3) is 3.69. The molecular weight excluding hydrogens is 301 g/mol.